The number of fused-ring (bicyclic) bond motifs is 5. The summed E-state index contributed by atoms with van der Waals surface area (Å²) < 4.78 is 1.76. The second-order valence-electron chi connectivity index (χ2n) is 13.4. The molecule has 5 nitrogen and oxygen atoms in total. The molecule has 1 heterocycles. The predicted octanol–water partition coefficient (Wildman–Crippen LogP) is 5.70. The maximum atomic E-state index is 11.7. The van der Waals surface area contributed by atoms with Crippen molar-refractivity contribution < 1.29 is 10.2 Å². The third kappa shape index (κ3) is 3.75. The minimum Gasteiger partial charge on any atom is -0.390 e. The van der Waals surface area contributed by atoms with Gasteiger partial charge in [0.1, 0.15) is 6.07 Å². The van der Waals surface area contributed by atoms with Crippen molar-refractivity contribution in [1.82, 2.24) is 9.78 Å². The van der Waals surface area contributed by atoms with Gasteiger partial charge in [-0.05, 0) is 112 Å². The van der Waals surface area contributed by atoms with E-state index >= 15 is 0 Å². The predicted molar refractivity (Wildman–Crippen MR) is 133 cm³/mol. The number of nitrogens with zero attached hydrogens (tertiary/aromatic N) is 3. The van der Waals surface area contributed by atoms with Crippen LogP contribution in [0.5, 0.6) is 0 Å². The minimum absolute atomic E-state index is 0.163. The topological polar surface area (TPSA) is 82.1 Å². The summed E-state index contributed by atoms with van der Waals surface area (Å²) in [5.41, 5.74) is -0.179. The normalized spacial score (nSPS) is 45.5. The molecule has 5 rings (SSSR count). The Hall–Kier alpha value is -1.38. The number of hydrogen-bond acceptors (Lipinski definition) is 4. The summed E-state index contributed by atoms with van der Waals surface area (Å²) >= 11 is 0. The number of nitriles is 1. The third-order valence-corrected chi connectivity index (χ3v) is 11.5. The van der Waals surface area contributed by atoms with Crippen molar-refractivity contribution in [2.45, 2.75) is 116 Å². The molecule has 0 aliphatic heterocycles. The highest BCUT2D eigenvalue weighted by atomic mass is 16.3. The summed E-state index contributed by atoms with van der Waals surface area (Å²) in [6, 6.07) is 2.14. The zero-order valence-corrected chi connectivity index (χ0v) is 21.8. The molecule has 0 bridgehead atoms. The Bertz CT molecular complexity index is 949. The third-order valence-electron chi connectivity index (χ3n) is 11.5. The van der Waals surface area contributed by atoms with Gasteiger partial charge in [0.2, 0.25) is 0 Å². The van der Waals surface area contributed by atoms with Crippen LogP contribution in [0.1, 0.15) is 104 Å². The maximum absolute atomic E-state index is 11.7. The maximum Gasteiger partial charge on any atom is 0.102 e. The first-order chi connectivity index (χ1) is 16.0. The smallest absolute Gasteiger partial charge is 0.102 e. The molecule has 4 saturated carbocycles. The number of hydrogen-bond donors (Lipinski definition) is 2. The standard InChI is InChI=1S/C29H45N3O2/c1-5-11-29(34)14-13-26(2)21(15-29)6-7-22-23-8-9-25(27(23,3)12-10-24(22)26)28(4,33)19-32-18-20(16-30)17-31-32/h17-18,21-25,33-34H,5-15,19H2,1-4H3/t21-,22-,23-,24-,25-,26-,27-,28-,29+/m0/s1. The monoisotopic (exact) mass is 467 g/mol. The van der Waals surface area contributed by atoms with Gasteiger partial charge in [0, 0.05) is 6.20 Å². The molecule has 0 amide bonds. The zero-order valence-electron chi connectivity index (χ0n) is 21.8. The fourth-order valence-corrected chi connectivity index (χ4v) is 9.98. The molecule has 0 unspecified atom stereocenters. The molecule has 4 fully saturated rings. The average Bonchev–Trinajstić information content (AvgIpc) is 3.38. The van der Waals surface area contributed by atoms with Crippen molar-refractivity contribution in [3.05, 3.63) is 18.0 Å². The van der Waals surface area contributed by atoms with Crippen LogP contribution in [0.25, 0.3) is 0 Å². The summed E-state index contributed by atoms with van der Waals surface area (Å²) in [6.07, 6.45) is 15.9. The number of aliphatic hydroxyl groups is 2. The fraction of sp³-hybridized carbons (Fsp3) is 0.862. The second-order valence-corrected chi connectivity index (χ2v) is 13.4. The molecule has 188 valence electrons. The van der Waals surface area contributed by atoms with Crippen LogP contribution in [0.3, 0.4) is 0 Å². The quantitative estimate of drug-likeness (QED) is 0.582. The largest absolute Gasteiger partial charge is 0.390 e. The van der Waals surface area contributed by atoms with Gasteiger partial charge < -0.3 is 10.2 Å². The molecule has 1 aromatic rings. The Labute approximate surface area is 205 Å². The highest BCUT2D eigenvalue weighted by Gasteiger charge is 2.63. The Balaban J connectivity index is 1.34. The Morgan fingerprint density at radius 1 is 1.12 bits per heavy atom. The van der Waals surface area contributed by atoms with Crippen molar-refractivity contribution in [2.24, 2.45) is 40.4 Å². The molecule has 0 aromatic carbocycles. The molecular weight excluding hydrogens is 422 g/mol. The van der Waals surface area contributed by atoms with Crippen LogP contribution < -0.4 is 0 Å². The number of rotatable bonds is 5. The molecule has 1 aromatic heterocycles. The molecule has 2 N–H and O–H groups in total. The Morgan fingerprint density at radius 3 is 2.59 bits per heavy atom. The van der Waals surface area contributed by atoms with Crippen molar-refractivity contribution in [1.29, 1.82) is 5.26 Å². The van der Waals surface area contributed by atoms with E-state index in [-0.39, 0.29) is 11.3 Å². The van der Waals surface area contributed by atoms with Crippen LogP contribution in [0.15, 0.2) is 12.4 Å². The molecular formula is C29H45N3O2. The SMILES string of the molecule is CCC[C@@]1(O)CC[C@@]2(C)[C@@H](CC[C@@H]3[C@@H]2CC[C@@]2(C)[C@H]3CC[C@@H]2[C@@](C)(O)Cn2cc(C#N)cn2)C1. The van der Waals surface area contributed by atoms with E-state index in [0.29, 0.717) is 29.4 Å². The Kier molecular flexibility index (Phi) is 5.97. The molecule has 0 saturated heterocycles. The first-order valence-electron chi connectivity index (χ1n) is 13.9. The van der Waals surface area contributed by atoms with Gasteiger partial charge in [0.25, 0.3) is 0 Å². The van der Waals surface area contributed by atoms with E-state index in [9.17, 15) is 10.2 Å². The van der Waals surface area contributed by atoms with Crippen LogP contribution in [-0.2, 0) is 6.54 Å². The average molecular weight is 468 g/mol. The van der Waals surface area contributed by atoms with E-state index < -0.39 is 11.2 Å². The van der Waals surface area contributed by atoms with Crippen LogP contribution in [0.4, 0.5) is 0 Å². The lowest BCUT2D eigenvalue weighted by Crippen LogP contribution is -2.57. The van der Waals surface area contributed by atoms with Gasteiger partial charge in [-0.25, -0.2) is 0 Å². The van der Waals surface area contributed by atoms with Gasteiger partial charge in [-0.1, -0.05) is 27.2 Å². The fourth-order valence-electron chi connectivity index (χ4n) is 9.98. The van der Waals surface area contributed by atoms with Crippen LogP contribution >= 0.6 is 0 Å². The summed E-state index contributed by atoms with van der Waals surface area (Å²) in [4.78, 5) is 0. The van der Waals surface area contributed by atoms with E-state index in [2.05, 4.69) is 31.9 Å². The van der Waals surface area contributed by atoms with Gasteiger partial charge in [0.15, 0.2) is 0 Å². The van der Waals surface area contributed by atoms with Crippen molar-refractivity contribution in [2.75, 3.05) is 0 Å². The van der Waals surface area contributed by atoms with Gasteiger partial charge in [0.05, 0.1) is 29.5 Å². The molecule has 34 heavy (non-hydrogen) atoms. The Morgan fingerprint density at radius 2 is 1.88 bits per heavy atom. The van der Waals surface area contributed by atoms with E-state index in [1.807, 2.05) is 6.92 Å². The molecule has 4 aliphatic carbocycles. The van der Waals surface area contributed by atoms with Crippen molar-refractivity contribution in [3.63, 3.8) is 0 Å². The van der Waals surface area contributed by atoms with Crippen LogP contribution in [0, 0.1) is 51.8 Å². The lowest BCUT2D eigenvalue weighted by Gasteiger charge is -2.62. The molecule has 9 atom stereocenters. The first kappa shape index (κ1) is 24.3. The van der Waals surface area contributed by atoms with Crippen molar-refractivity contribution in [3.8, 4) is 6.07 Å². The van der Waals surface area contributed by atoms with Crippen LogP contribution in [0.2, 0.25) is 0 Å². The summed E-state index contributed by atoms with van der Waals surface area (Å²) in [5, 5.41) is 36.4. The highest BCUT2D eigenvalue weighted by Crippen LogP contribution is 2.69. The minimum atomic E-state index is -0.836. The van der Waals surface area contributed by atoms with Gasteiger partial charge in [-0.15, -0.1) is 0 Å². The second kappa shape index (κ2) is 8.34. The van der Waals surface area contributed by atoms with E-state index in [0.717, 1.165) is 43.9 Å². The molecule has 0 radical (unpaired) electrons. The zero-order chi connectivity index (χ0) is 24.4. The lowest BCUT2D eigenvalue weighted by molar-refractivity contribution is -0.163. The van der Waals surface area contributed by atoms with E-state index in [1.54, 1.807) is 17.1 Å². The van der Waals surface area contributed by atoms with Gasteiger partial charge in [-0.3, -0.25) is 4.68 Å². The van der Waals surface area contributed by atoms with E-state index in [4.69, 9.17) is 5.26 Å². The molecule has 0 spiro atoms. The summed E-state index contributed by atoms with van der Waals surface area (Å²) in [6.45, 7) is 9.68. The van der Waals surface area contributed by atoms with Gasteiger partial charge in [-0.2, -0.15) is 10.4 Å². The van der Waals surface area contributed by atoms with E-state index in [1.165, 1.54) is 38.5 Å². The summed E-state index contributed by atoms with van der Waals surface area (Å²) in [7, 11) is 0. The lowest BCUT2D eigenvalue weighted by atomic mass is 9.43. The van der Waals surface area contributed by atoms with Gasteiger partial charge >= 0.3 is 0 Å². The van der Waals surface area contributed by atoms with Crippen LogP contribution in [-0.4, -0.2) is 31.2 Å². The summed E-state index contributed by atoms with van der Waals surface area (Å²) in [5.74, 6) is 3.13. The van der Waals surface area contributed by atoms with Crippen molar-refractivity contribution >= 4 is 0 Å². The molecule has 5 heteroatoms. The first-order valence-corrected chi connectivity index (χ1v) is 13.9. The highest BCUT2D eigenvalue weighted by molar-refractivity contribution is 5.22. The number of aromatic nitrogens is 2. The molecule has 4 aliphatic rings.